The highest BCUT2D eigenvalue weighted by Gasteiger charge is 2.57. The van der Waals surface area contributed by atoms with Crippen LogP contribution in [0.2, 0.25) is 5.02 Å². The first kappa shape index (κ1) is 14.7. The van der Waals surface area contributed by atoms with Gasteiger partial charge in [0.05, 0.1) is 18.0 Å². The number of carbonyl (C=O) groups is 1. The molecule has 3 nitrogen and oxygen atoms in total. The number of hydrogen-bond acceptors (Lipinski definition) is 3. The minimum atomic E-state index is -0.326. The van der Waals surface area contributed by atoms with Gasteiger partial charge in [0, 0.05) is 22.2 Å². The Balaban J connectivity index is 1.76. The van der Waals surface area contributed by atoms with E-state index >= 15 is 0 Å². The van der Waals surface area contributed by atoms with Crippen molar-refractivity contribution in [2.45, 2.75) is 24.9 Å². The molecule has 4 atom stereocenters. The van der Waals surface area contributed by atoms with Crippen LogP contribution in [-0.4, -0.2) is 17.9 Å². The first-order chi connectivity index (χ1) is 12.1. The standard InChI is InChI=1S/C21H15ClN2O/c1-11-3-2-4-12-5-8-17-16(10-23)18-15-9-13(22)6-7-14(15)21(25)20(18)24(17)19(11)12/h2-9,16-18,20H,1H3/t16-,17+,18+,20-/m0/s1. The largest absolute Gasteiger partial charge is 0.352 e. The topological polar surface area (TPSA) is 44.1 Å². The van der Waals surface area contributed by atoms with Gasteiger partial charge >= 0.3 is 0 Å². The van der Waals surface area contributed by atoms with Crippen molar-refractivity contribution >= 4 is 29.1 Å². The first-order valence-corrected chi connectivity index (χ1v) is 8.79. The third kappa shape index (κ3) is 1.78. The molecule has 0 bridgehead atoms. The van der Waals surface area contributed by atoms with Crippen LogP contribution in [0.25, 0.3) is 6.08 Å². The fourth-order valence-electron chi connectivity index (χ4n) is 4.81. The Labute approximate surface area is 151 Å². The third-order valence-electron chi connectivity index (χ3n) is 5.77. The number of hydrogen-bond donors (Lipinski definition) is 0. The second kappa shape index (κ2) is 4.97. The quantitative estimate of drug-likeness (QED) is 0.712. The van der Waals surface area contributed by atoms with Crippen molar-refractivity contribution in [1.82, 2.24) is 0 Å². The maximum Gasteiger partial charge on any atom is 0.186 e. The maximum absolute atomic E-state index is 13.2. The van der Waals surface area contributed by atoms with Crippen LogP contribution in [0.3, 0.4) is 0 Å². The number of ketones is 1. The van der Waals surface area contributed by atoms with E-state index in [1.807, 2.05) is 12.1 Å². The molecule has 122 valence electrons. The molecule has 25 heavy (non-hydrogen) atoms. The zero-order chi connectivity index (χ0) is 17.3. The summed E-state index contributed by atoms with van der Waals surface area (Å²) < 4.78 is 0. The highest BCUT2D eigenvalue weighted by molar-refractivity contribution is 6.31. The molecule has 0 aromatic heterocycles. The maximum atomic E-state index is 13.2. The summed E-state index contributed by atoms with van der Waals surface area (Å²) >= 11 is 6.19. The number of rotatable bonds is 0. The van der Waals surface area contributed by atoms with Gasteiger partial charge in [0.15, 0.2) is 5.78 Å². The number of aryl methyl sites for hydroxylation is 1. The van der Waals surface area contributed by atoms with Crippen molar-refractivity contribution in [1.29, 1.82) is 5.26 Å². The van der Waals surface area contributed by atoms with Crippen molar-refractivity contribution in [2.75, 3.05) is 4.90 Å². The van der Waals surface area contributed by atoms with E-state index in [4.69, 9.17) is 11.6 Å². The minimum absolute atomic E-state index is 0.0790. The number of para-hydroxylation sites is 1. The lowest BCUT2D eigenvalue weighted by Gasteiger charge is -2.35. The molecule has 2 aliphatic heterocycles. The summed E-state index contributed by atoms with van der Waals surface area (Å²) in [6.45, 7) is 2.06. The molecule has 0 N–H and O–H groups in total. The number of Topliss-reactive ketones (excluding diaryl/α,β-unsaturated/α-hetero) is 1. The van der Waals surface area contributed by atoms with E-state index in [9.17, 15) is 10.1 Å². The number of halogens is 1. The molecule has 2 heterocycles. The number of nitriles is 1. The normalized spacial score (nSPS) is 28.2. The van der Waals surface area contributed by atoms with Gasteiger partial charge in [0.25, 0.3) is 0 Å². The Morgan fingerprint density at radius 2 is 2.08 bits per heavy atom. The van der Waals surface area contributed by atoms with E-state index in [0.29, 0.717) is 10.6 Å². The molecule has 2 aromatic carbocycles. The summed E-state index contributed by atoms with van der Waals surface area (Å²) in [5.74, 6) is -0.298. The van der Waals surface area contributed by atoms with Crippen molar-refractivity contribution in [3.05, 3.63) is 69.8 Å². The van der Waals surface area contributed by atoms with Gasteiger partial charge in [-0.05, 0) is 41.8 Å². The van der Waals surface area contributed by atoms with Crippen LogP contribution in [0, 0.1) is 24.2 Å². The fraction of sp³-hybridized carbons (Fsp3) is 0.238. The molecule has 4 heteroatoms. The highest BCUT2D eigenvalue weighted by atomic mass is 35.5. The van der Waals surface area contributed by atoms with Crippen LogP contribution in [0.15, 0.2) is 42.5 Å². The second-order valence-electron chi connectivity index (χ2n) is 6.99. The van der Waals surface area contributed by atoms with Crippen LogP contribution in [0.1, 0.15) is 33.0 Å². The Morgan fingerprint density at radius 3 is 2.88 bits per heavy atom. The van der Waals surface area contributed by atoms with Gasteiger partial charge in [-0.3, -0.25) is 4.79 Å². The summed E-state index contributed by atoms with van der Waals surface area (Å²) in [4.78, 5) is 15.4. The SMILES string of the molecule is Cc1cccc2c1N1[C@H](C=C2)[C@H](C#N)[C@H]2c3cc(Cl)ccc3C(=O)[C@H]21. The molecule has 0 unspecified atom stereocenters. The lowest BCUT2D eigenvalue weighted by molar-refractivity contribution is 0.0970. The molecule has 3 aliphatic rings. The van der Waals surface area contributed by atoms with Crippen LogP contribution in [-0.2, 0) is 0 Å². The summed E-state index contributed by atoms with van der Waals surface area (Å²) in [5.41, 5.74) is 4.95. The lowest BCUT2D eigenvalue weighted by Crippen LogP contribution is -2.42. The predicted octanol–water partition coefficient (Wildman–Crippen LogP) is 4.35. The van der Waals surface area contributed by atoms with Gasteiger partial charge in [-0.2, -0.15) is 5.26 Å². The molecule has 2 aromatic rings. The number of anilines is 1. The van der Waals surface area contributed by atoms with Crippen LogP contribution >= 0.6 is 11.6 Å². The molecule has 1 saturated heterocycles. The molecular formula is C21H15ClN2O. The number of carbonyl (C=O) groups excluding carboxylic acids is 1. The van der Waals surface area contributed by atoms with Crippen molar-refractivity contribution in [3.8, 4) is 6.07 Å². The van der Waals surface area contributed by atoms with E-state index in [2.05, 4.69) is 42.2 Å². The number of nitrogens with zero attached hydrogens (tertiary/aromatic N) is 2. The molecule has 0 amide bonds. The molecule has 1 aliphatic carbocycles. The average molecular weight is 347 g/mol. The zero-order valence-electron chi connectivity index (χ0n) is 13.6. The number of fused-ring (bicyclic) bond motifs is 7. The minimum Gasteiger partial charge on any atom is -0.352 e. The molecule has 0 spiro atoms. The van der Waals surface area contributed by atoms with Crippen LogP contribution < -0.4 is 4.90 Å². The van der Waals surface area contributed by atoms with E-state index < -0.39 is 0 Å². The van der Waals surface area contributed by atoms with Crippen LogP contribution in [0.4, 0.5) is 5.69 Å². The summed E-state index contributed by atoms with van der Waals surface area (Å²) in [5, 5.41) is 10.5. The van der Waals surface area contributed by atoms with Gasteiger partial charge in [-0.25, -0.2) is 0 Å². The van der Waals surface area contributed by atoms with E-state index in [-0.39, 0.29) is 29.7 Å². The molecule has 0 saturated carbocycles. The van der Waals surface area contributed by atoms with E-state index in [1.165, 1.54) is 0 Å². The smallest absolute Gasteiger partial charge is 0.186 e. The van der Waals surface area contributed by atoms with Gasteiger partial charge in [-0.1, -0.05) is 42.0 Å². The molecule has 1 fully saturated rings. The second-order valence-corrected chi connectivity index (χ2v) is 7.43. The monoisotopic (exact) mass is 346 g/mol. The van der Waals surface area contributed by atoms with Crippen molar-refractivity contribution in [2.24, 2.45) is 5.92 Å². The first-order valence-electron chi connectivity index (χ1n) is 8.41. The summed E-state index contributed by atoms with van der Waals surface area (Å²) in [6, 6.07) is 13.7. The van der Waals surface area contributed by atoms with Gasteiger partial charge in [0.2, 0.25) is 0 Å². The molecular weight excluding hydrogens is 332 g/mol. The van der Waals surface area contributed by atoms with Crippen molar-refractivity contribution in [3.63, 3.8) is 0 Å². The zero-order valence-corrected chi connectivity index (χ0v) is 14.4. The van der Waals surface area contributed by atoms with E-state index in [0.717, 1.165) is 22.4 Å². The molecule has 5 rings (SSSR count). The Morgan fingerprint density at radius 1 is 1.24 bits per heavy atom. The van der Waals surface area contributed by atoms with Crippen molar-refractivity contribution < 1.29 is 4.79 Å². The Hall–Kier alpha value is -2.57. The van der Waals surface area contributed by atoms with E-state index in [1.54, 1.807) is 12.1 Å². The van der Waals surface area contributed by atoms with Crippen LogP contribution in [0.5, 0.6) is 0 Å². The van der Waals surface area contributed by atoms with Gasteiger partial charge in [0.1, 0.15) is 6.04 Å². The average Bonchev–Trinajstić information content (AvgIpc) is 3.08. The Kier molecular flexibility index (Phi) is 2.93. The Bertz CT molecular complexity index is 1000. The highest BCUT2D eigenvalue weighted by Crippen LogP contribution is 2.53. The lowest BCUT2D eigenvalue weighted by atomic mass is 9.85. The number of benzene rings is 2. The summed E-state index contributed by atoms with van der Waals surface area (Å²) in [7, 11) is 0. The van der Waals surface area contributed by atoms with Gasteiger partial charge < -0.3 is 4.90 Å². The summed E-state index contributed by atoms with van der Waals surface area (Å²) in [6.07, 6.45) is 4.16. The predicted molar refractivity (Wildman–Crippen MR) is 97.9 cm³/mol. The third-order valence-corrected chi connectivity index (χ3v) is 6.01. The molecule has 0 radical (unpaired) electrons. The fourth-order valence-corrected chi connectivity index (χ4v) is 5.00. The van der Waals surface area contributed by atoms with Gasteiger partial charge in [-0.15, -0.1) is 0 Å².